The molecule has 1 heterocycles. The van der Waals surface area contributed by atoms with Gasteiger partial charge in [-0.15, -0.1) is 0 Å². The van der Waals surface area contributed by atoms with Gasteiger partial charge in [0.2, 0.25) is 10.0 Å². The summed E-state index contributed by atoms with van der Waals surface area (Å²) in [4.78, 5) is 24.3. The Bertz CT molecular complexity index is 1010. The lowest BCUT2D eigenvalue weighted by atomic mass is 10.0. The Labute approximate surface area is 175 Å². The van der Waals surface area contributed by atoms with Crippen LogP contribution < -0.4 is 0 Å². The first-order valence-electron chi connectivity index (χ1n) is 9.34. The molecule has 0 bridgehead atoms. The Morgan fingerprint density at radius 1 is 1.14 bits per heavy atom. The van der Waals surface area contributed by atoms with Crippen LogP contribution in [0.3, 0.4) is 0 Å². The molecule has 0 radical (unpaired) electrons. The molecule has 0 amide bonds. The largest absolute Gasteiger partial charge is 0.454 e. The van der Waals surface area contributed by atoms with Gasteiger partial charge in [0.15, 0.2) is 12.4 Å². The van der Waals surface area contributed by atoms with Gasteiger partial charge in [-0.3, -0.25) is 4.79 Å². The molecule has 3 rings (SSSR count). The average Bonchev–Trinajstić information content (AvgIpc) is 2.72. The van der Waals surface area contributed by atoms with Gasteiger partial charge in [-0.1, -0.05) is 48.9 Å². The lowest BCUT2D eigenvalue weighted by molar-refractivity contribution is 0.0474. The number of hydrogen-bond donors (Lipinski definition) is 0. The molecule has 0 saturated carbocycles. The number of benzene rings is 2. The van der Waals surface area contributed by atoms with Crippen molar-refractivity contribution >= 4 is 33.4 Å². The predicted molar refractivity (Wildman–Crippen MR) is 110 cm³/mol. The molecule has 29 heavy (non-hydrogen) atoms. The summed E-state index contributed by atoms with van der Waals surface area (Å²) in [7, 11) is -3.83. The van der Waals surface area contributed by atoms with Gasteiger partial charge in [-0.25, -0.2) is 13.2 Å². The van der Waals surface area contributed by atoms with E-state index in [1.54, 1.807) is 30.3 Å². The molecule has 0 N–H and O–H groups in total. The van der Waals surface area contributed by atoms with E-state index < -0.39 is 22.6 Å². The Hall–Kier alpha value is -2.22. The number of Topliss-reactive ketones (excluding diaryl/α,β-unsaturated/α-hetero) is 1. The number of rotatable bonds is 6. The first-order chi connectivity index (χ1) is 13.8. The van der Waals surface area contributed by atoms with Gasteiger partial charge < -0.3 is 4.74 Å². The van der Waals surface area contributed by atoms with E-state index in [2.05, 4.69) is 0 Å². The van der Waals surface area contributed by atoms with Gasteiger partial charge >= 0.3 is 5.97 Å². The number of nitrogens with zero attached hydrogens (tertiary/aromatic N) is 1. The zero-order valence-corrected chi connectivity index (χ0v) is 17.6. The van der Waals surface area contributed by atoms with E-state index in [1.807, 2.05) is 6.92 Å². The SMILES string of the molecule is C[C@@H]1CCCN(S(=O)(=O)c2cc(C(=O)OCC(=O)c3ccccc3)ccc2Cl)C1. The quantitative estimate of drug-likeness (QED) is 0.509. The molecule has 1 saturated heterocycles. The topological polar surface area (TPSA) is 80.8 Å². The van der Waals surface area contributed by atoms with Crippen molar-refractivity contribution < 1.29 is 22.7 Å². The van der Waals surface area contributed by atoms with Crippen molar-refractivity contribution in [3.63, 3.8) is 0 Å². The predicted octanol–water partition coefficient (Wildman–Crippen LogP) is 3.80. The maximum absolute atomic E-state index is 13.0. The van der Waals surface area contributed by atoms with Crippen LogP contribution in [-0.2, 0) is 14.8 Å². The van der Waals surface area contributed by atoms with Gasteiger partial charge in [0.25, 0.3) is 0 Å². The maximum Gasteiger partial charge on any atom is 0.338 e. The second-order valence-electron chi connectivity index (χ2n) is 7.12. The number of carbonyl (C=O) groups is 2. The number of piperidine rings is 1. The van der Waals surface area contributed by atoms with Crippen LogP contribution in [0.5, 0.6) is 0 Å². The van der Waals surface area contributed by atoms with Crippen molar-refractivity contribution in [3.8, 4) is 0 Å². The summed E-state index contributed by atoms with van der Waals surface area (Å²) >= 11 is 6.14. The normalized spacial score (nSPS) is 17.7. The van der Waals surface area contributed by atoms with Crippen LogP contribution in [-0.4, -0.2) is 44.2 Å². The molecule has 1 atom stereocenters. The Kier molecular flexibility index (Phi) is 6.72. The second kappa shape index (κ2) is 9.07. The Morgan fingerprint density at radius 3 is 2.55 bits per heavy atom. The summed E-state index contributed by atoms with van der Waals surface area (Å²) in [6.45, 7) is 2.40. The average molecular weight is 436 g/mol. The molecular formula is C21H22ClNO5S. The van der Waals surface area contributed by atoms with E-state index >= 15 is 0 Å². The van der Waals surface area contributed by atoms with E-state index in [1.165, 1.54) is 22.5 Å². The highest BCUT2D eigenvalue weighted by Gasteiger charge is 2.31. The molecule has 6 nitrogen and oxygen atoms in total. The molecule has 1 aliphatic heterocycles. The van der Waals surface area contributed by atoms with Crippen molar-refractivity contribution in [1.82, 2.24) is 4.31 Å². The summed E-state index contributed by atoms with van der Waals surface area (Å²) in [5.41, 5.74) is 0.456. The molecule has 0 aromatic heterocycles. The molecule has 0 aliphatic carbocycles. The molecule has 0 unspecified atom stereocenters. The lowest BCUT2D eigenvalue weighted by Crippen LogP contribution is -2.39. The monoisotopic (exact) mass is 435 g/mol. The molecule has 2 aromatic rings. The number of halogens is 1. The van der Waals surface area contributed by atoms with E-state index in [0.29, 0.717) is 18.7 Å². The fourth-order valence-electron chi connectivity index (χ4n) is 3.25. The van der Waals surface area contributed by atoms with Gasteiger partial charge in [0, 0.05) is 18.7 Å². The Balaban J connectivity index is 1.76. The second-order valence-corrected chi connectivity index (χ2v) is 9.43. The van der Waals surface area contributed by atoms with Gasteiger partial charge in [0.05, 0.1) is 10.6 Å². The minimum Gasteiger partial charge on any atom is -0.454 e. The minimum atomic E-state index is -3.83. The van der Waals surface area contributed by atoms with Gasteiger partial charge in [-0.2, -0.15) is 4.31 Å². The number of ether oxygens (including phenoxy) is 1. The number of ketones is 1. The summed E-state index contributed by atoms with van der Waals surface area (Å²) in [5.74, 6) is -0.869. The van der Waals surface area contributed by atoms with Crippen molar-refractivity contribution in [1.29, 1.82) is 0 Å². The molecular weight excluding hydrogens is 414 g/mol. The molecule has 1 aliphatic rings. The Morgan fingerprint density at radius 2 is 1.86 bits per heavy atom. The highest BCUT2D eigenvalue weighted by atomic mass is 35.5. The zero-order chi connectivity index (χ0) is 21.0. The van der Waals surface area contributed by atoms with E-state index in [4.69, 9.17) is 16.3 Å². The lowest BCUT2D eigenvalue weighted by Gasteiger charge is -2.30. The van der Waals surface area contributed by atoms with Crippen LogP contribution >= 0.6 is 11.6 Å². The van der Waals surface area contributed by atoms with Crippen LogP contribution in [0, 0.1) is 5.92 Å². The van der Waals surface area contributed by atoms with Gasteiger partial charge in [-0.05, 0) is 37.0 Å². The van der Waals surface area contributed by atoms with Crippen LogP contribution in [0.2, 0.25) is 5.02 Å². The zero-order valence-electron chi connectivity index (χ0n) is 16.0. The molecule has 154 valence electrons. The third-order valence-corrected chi connectivity index (χ3v) is 7.18. The van der Waals surface area contributed by atoms with Crippen LogP contribution in [0.1, 0.15) is 40.5 Å². The molecule has 0 spiro atoms. The molecule has 1 fully saturated rings. The number of esters is 1. The van der Waals surface area contributed by atoms with Crippen LogP contribution in [0.25, 0.3) is 0 Å². The van der Waals surface area contributed by atoms with Crippen molar-refractivity contribution in [2.75, 3.05) is 19.7 Å². The fraction of sp³-hybridized carbons (Fsp3) is 0.333. The standard InChI is InChI=1S/C21H22ClNO5S/c1-15-6-5-11-23(13-15)29(26,27)20-12-17(9-10-18(20)22)21(25)28-14-19(24)16-7-3-2-4-8-16/h2-4,7-10,12,15H,5-6,11,13-14H2,1H3/t15-/m1/s1. The smallest absolute Gasteiger partial charge is 0.338 e. The third-order valence-electron chi connectivity index (χ3n) is 4.83. The fourth-order valence-corrected chi connectivity index (χ4v) is 5.35. The first kappa shape index (κ1) is 21.5. The summed E-state index contributed by atoms with van der Waals surface area (Å²) in [6.07, 6.45) is 1.75. The summed E-state index contributed by atoms with van der Waals surface area (Å²) in [5, 5.41) is 0.0418. The molecule has 2 aromatic carbocycles. The number of carbonyl (C=O) groups excluding carboxylic acids is 2. The van der Waals surface area contributed by atoms with Gasteiger partial charge in [0.1, 0.15) is 4.90 Å². The van der Waals surface area contributed by atoms with Crippen molar-refractivity contribution in [3.05, 3.63) is 64.7 Å². The maximum atomic E-state index is 13.0. The summed E-state index contributed by atoms with van der Waals surface area (Å²) in [6, 6.07) is 12.4. The summed E-state index contributed by atoms with van der Waals surface area (Å²) < 4.78 is 32.5. The van der Waals surface area contributed by atoms with E-state index in [0.717, 1.165) is 12.8 Å². The number of hydrogen-bond acceptors (Lipinski definition) is 5. The highest BCUT2D eigenvalue weighted by molar-refractivity contribution is 7.89. The highest BCUT2D eigenvalue weighted by Crippen LogP contribution is 2.29. The minimum absolute atomic E-state index is 0.0268. The van der Waals surface area contributed by atoms with Crippen LogP contribution in [0.4, 0.5) is 0 Å². The van der Waals surface area contributed by atoms with Crippen molar-refractivity contribution in [2.24, 2.45) is 5.92 Å². The first-order valence-corrected chi connectivity index (χ1v) is 11.2. The van der Waals surface area contributed by atoms with Crippen molar-refractivity contribution in [2.45, 2.75) is 24.7 Å². The van der Waals surface area contributed by atoms with E-state index in [-0.39, 0.29) is 27.2 Å². The number of sulfonamides is 1. The van der Waals surface area contributed by atoms with E-state index in [9.17, 15) is 18.0 Å². The third kappa shape index (κ3) is 5.04. The van der Waals surface area contributed by atoms with Crippen LogP contribution in [0.15, 0.2) is 53.4 Å². The molecule has 8 heteroatoms.